The Morgan fingerprint density at radius 1 is 1.00 bits per heavy atom. The van der Waals surface area contributed by atoms with Gasteiger partial charge in [-0.15, -0.1) is 20.3 Å². The van der Waals surface area contributed by atoms with Crippen LogP contribution in [0.4, 0.5) is 0 Å². The highest BCUT2D eigenvalue weighted by atomic mass is 17.0. The van der Waals surface area contributed by atoms with E-state index < -0.39 is 35.8 Å². The molecule has 0 amide bonds. The fraction of sp³-hybridized carbons (Fsp3) is 0.267. The quantitative estimate of drug-likeness (QED) is 0.0854. The highest BCUT2D eigenvalue weighted by molar-refractivity contribution is 6.02. The molecule has 5 rings (SSSR count). The summed E-state index contributed by atoms with van der Waals surface area (Å²) >= 11 is 0. The average Bonchev–Trinajstić information content (AvgIpc) is 3.66. The number of imidazole rings is 1. The lowest BCUT2D eigenvalue weighted by molar-refractivity contribution is -0.767. The maximum Gasteiger partial charge on any atom is 0.343 e. The predicted octanol–water partition coefficient (Wildman–Crippen LogP) is 4.36. The zero-order valence-corrected chi connectivity index (χ0v) is 24.6. The summed E-state index contributed by atoms with van der Waals surface area (Å²) in [7, 11) is 0. The monoisotopic (exact) mass is 615 g/mol. The summed E-state index contributed by atoms with van der Waals surface area (Å²) in [5, 5.41) is 23.9. The predicted molar refractivity (Wildman–Crippen MR) is 158 cm³/mol. The number of benzene rings is 3. The molecule has 0 bridgehead atoms. The minimum absolute atomic E-state index is 0.185. The van der Waals surface area contributed by atoms with Gasteiger partial charge >= 0.3 is 11.9 Å². The lowest BCUT2D eigenvalue weighted by Gasteiger charge is -2.16. The van der Waals surface area contributed by atoms with E-state index in [-0.39, 0.29) is 5.56 Å². The SMILES string of the molecule is CCOc1nc2cccc(C(=O)OC(C)OC(=O)CC(C)O[N+](=O)[O-])c2n1Cc1ccc(-c2ccccc2-c2nn[nH]n2)cc1. The van der Waals surface area contributed by atoms with Crippen LogP contribution in [0.1, 0.15) is 43.1 Å². The third-order valence-electron chi connectivity index (χ3n) is 6.63. The largest absolute Gasteiger partial charge is 0.465 e. The number of fused-ring (bicyclic) bond motifs is 1. The van der Waals surface area contributed by atoms with Gasteiger partial charge in [-0.05, 0) is 47.9 Å². The summed E-state index contributed by atoms with van der Waals surface area (Å²) < 4.78 is 18.1. The van der Waals surface area contributed by atoms with Gasteiger partial charge in [0.1, 0.15) is 6.10 Å². The number of esters is 2. The van der Waals surface area contributed by atoms with E-state index in [1.165, 1.54) is 13.8 Å². The minimum Gasteiger partial charge on any atom is -0.465 e. The molecular formula is C30H29N7O8. The van der Waals surface area contributed by atoms with Gasteiger partial charge < -0.3 is 19.0 Å². The van der Waals surface area contributed by atoms with Crippen LogP contribution in [-0.4, -0.2) is 66.2 Å². The second kappa shape index (κ2) is 13.6. The van der Waals surface area contributed by atoms with E-state index in [1.807, 2.05) is 55.5 Å². The number of tetrazole rings is 1. The van der Waals surface area contributed by atoms with Crippen LogP contribution in [0.25, 0.3) is 33.5 Å². The van der Waals surface area contributed by atoms with Gasteiger partial charge in [-0.25, -0.2) is 4.79 Å². The summed E-state index contributed by atoms with van der Waals surface area (Å²) in [6, 6.07) is 21.0. The van der Waals surface area contributed by atoms with Crippen LogP contribution in [-0.2, 0) is 25.7 Å². The second-order valence-electron chi connectivity index (χ2n) is 9.87. The lowest BCUT2D eigenvalue weighted by Crippen LogP contribution is -2.25. The number of H-pyrrole nitrogens is 1. The van der Waals surface area contributed by atoms with E-state index in [4.69, 9.17) is 14.2 Å². The number of carbonyl (C=O) groups is 2. The molecule has 5 aromatic rings. The summed E-state index contributed by atoms with van der Waals surface area (Å²) in [6.07, 6.45) is -2.69. The fourth-order valence-electron chi connectivity index (χ4n) is 4.78. The molecule has 3 aromatic carbocycles. The summed E-state index contributed by atoms with van der Waals surface area (Å²) in [5.41, 5.74) is 4.80. The van der Waals surface area contributed by atoms with Crippen molar-refractivity contribution in [2.75, 3.05) is 6.61 Å². The molecule has 0 saturated heterocycles. The van der Waals surface area contributed by atoms with E-state index in [1.54, 1.807) is 22.8 Å². The van der Waals surface area contributed by atoms with Gasteiger partial charge in [0, 0.05) is 12.5 Å². The average molecular weight is 616 g/mol. The number of aromatic nitrogens is 6. The van der Waals surface area contributed by atoms with Gasteiger partial charge in [-0.3, -0.25) is 9.36 Å². The fourth-order valence-corrected chi connectivity index (χ4v) is 4.78. The van der Waals surface area contributed by atoms with Gasteiger partial charge in [-0.2, -0.15) is 10.2 Å². The highest BCUT2D eigenvalue weighted by Crippen LogP contribution is 2.31. The molecule has 0 aliphatic rings. The Morgan fingerprint density at radius 2 is 1.76 bits per heavy atom. The van der Waals surface area contributed by atoms with Crippen LogP contribution in [0.5, 0.6) is 6.01 Å². The van der Waals surface area contributed by atoms with Crippen molar-refractivity contribution in [2.45, 2.75) is 46.1 Å². The number of aromatic amines is 1. The summed E-state index contributed by atoms with van der Waals surface area (Å²) in [6.45, 7) is 5.22. The smallest absolute Gasteiger partial charge is 0.343 e. The third-order valence-corrected chi connectivity index (χ3v) is 6.63. The molecule has 2 atom stereocenters. The number of rotatable bonds is 13. The van der Waals surface area contributed by atoms with Crippen LogP contribution in [0, 0.1) is 10.1 Å². The number of para-hydroxylation sites is 1. The van der Waals surface area contributed by atoms with Gasteiger partial charge in [0.15, 0.2) is 0 Å². The Hall–Kier alpha value is -5.86. The molecule has 0 saturated carbocycles. The van der Waals surface area contributed by atoms with E-state index in [0.717, 1.165) is 22.3 Å². The Balaban J connectivity index is 1.38. The van der Waals surface area contributed by atoms with Crippen molar-refractivity contribution >= 4 is 23.0 Å². The van der Waals surface area contributed by atoms with Gasteiger partial charge in [-0.1, -0.05) is 54.6 Å². The Morgan fingerprint density at radius 3 is 2.44 bits per heavy atom. The molecule has 1 N–H and O–H groups in total. The maximum absolute atomic E-state index is 13.3. The molecule has 2 aromatic heterocycles. The Kier molecular flexibility index (Phi) is 9.26. The van der Waals surface area contributed by atoms with Crippen molar-refractivity contribution in [3.05, 3.63) is 88.0 Å². The van der Waals surface area contributed by atoms with Gasteiger partial charge in [0.2, 0.25) is 12.1 Å². The van der Waals surface area contributed by atoms with Crippen molar-refractivity contribution in [3.63, 3.8) is 0 Å². The molecule has 232 valence electrons. The van der Waals surface area contributed by atoms with Crippen LogP contribution in [0.3, 0.4) is 0 Å². The number of nitrogens with one attached hydrogen (secondary N) is 1. The Labute approximate surface area is 256 Å². The van der Waals surface area contributed by atoms with Crippen molar-refractivity contribution in [1.29, 1.82) is 0 Å². The molecule has 0 aliphatic heterocycles. The van der Waals surface area contributed by atoms with Crippen molar-refractivity contribution in [1.82, 2.24) is 30.2 Å². The van der Waals surface area contributed by atoms with Crippen LogP contribution >= 0.6 is 0 Å². The minimum atomic E-state index is -1.27. The summed E-state index contributed by atoms with van der Waals surface area (Å²) in [5.74, 6) is -1.09. The first-order chi connectivity index (χ1) is 21.7. The molecular weight excluding hydrogens is 586 g/mol. The molecule has 0 fully saturated rings. The first kappa shape index (κ1) is 30.6. The number of nitrogens with zero attached hydrogens (tertiary/aromatic N) is 6. The third kappa shape index (κ3) is 7.21. The van der Waals surface area contributed by atoms with E-state index in [2.05, 4.69) is 30.4 Å². The van der Waals surface area contributed by atoms with Crippen molar-refractivity contribution in [2.24, 2.45) is 0 Å². The summed E-state index contributed by atoms with van der Waals surface area (Å²) in [4.78, 5) is 44.8. The molecule has 0 radical (unpaired) electrons. The van der Waals surface area contributed by atoms with Crippen molar-refractivity contribution in [3.8, 4) is 28.5 Å². The van der Waals surface area contributed by atoms with Crippen LogP contribution in [0.15, 0.2) is 66.7 Å². The normalized spacial score (nSPS) is 12.3. The lowest BCUT2D eigenvalue weighted by atomic mass is 9.98. The maximum atomic E-state index is 13.3. The number of hydrogen-bond acceptors (Lipinski definition) is 12. The molecule has 0 aliphatic carbocycles. The van der Waals surface area contributed by atoms with E-state index in [9.17, 15) is 19.7 Å². The zero-order valence-electron chi connectivity index (χ0n) is 24.6. The first-order valence-corrected chi connectivity index (χ1v) is 14.0. The van der Waals surface area contributed by atoms with E-state index in [0.29, 0.717) is 36.0 Å². The van der Waals surface area contributed by atoms with Crippen LogP contribution < -0.4 is 4.74 Å². The molecule has 45 heavy (non-hydrogen) atoms. The highest BCUT2D eigenvalue weighted by Gasteiger charge is 2.24. The molecule has 2 unspecified atom stereocenters. The number of ether oxygens (including phenoxy) is 3. The molecule has 15 heteroatoms. The topological polar surface area (TPSA) is 186 Å². The first-order valence-electron chi connectivity index (χ1n) is 14.0. The standard InChI is InChI=1S/C30H29N7O8/c1-4-42-30-31-25-11-7-10-24(29(39)44-19(3)43-26(38)16-18(2)45-37(40)41)27(25)36(30)17-20-12-14-21(15-13-20)22-8-5-6-9-23(22)28-32-34-35-33-28/h5-15,18-19H,4,16-17H2,1-3H3,(H,32,33,34,35). The number of carbonyl (C=O) groups excluding carboxylic acids is 2. The molecule has 0 spiro atoms. The zero-order chi connectivity index (χ0) is 31.9. The Bertz CT molecular complexity index is 1810. The second-order valence-corrected chi connectivity index (χ2v) is 9.87. The van der Waals surface area contributed by atoms with Crippen molar-refractivity contribution < 1.29 is 33.7 Å². The van der Waals surface area contributed by atoms with Gasteiger partial charge in [0.05, 0.1) is 36.2 Å². The molecule has 15 nitrogen and oxygen atoms in total. The number of hydrogen-bond donors (Lipinski definition) is 1. The van der Waals surface area contributed by atoms with Gasteiger partial charge in [0.25, 0.3) is 11.1 Å². The van der Waals surface area contributed by atoms with Crippen LogP contribution in [0.2, 0.25) is 0 Å². The molecule has 2 heterocycles. The van der Waals surface area contributed by atoms with E-state index >= 15 is 0 Å².